The molecule has 1 saturated heterocycles. The van der Waals surface area contributed by atoms with Crippen LogP contribution in [0.4, 0.5) is 13.2 Å². The summed E-state index contributed by atoms with van der Waals surface area (Å²) in [4.78, 5) is 6.89. The zero-order valence-electron chi connectivity index (χ0n) is 17.2. The van der Waals surface area contributed by atoms with Crippen LogP contribution >= 0.6 is 0 Å². The number of likely N-dealkylation sites (tertiary alicyclic amines) is 1. The average molecular weight is 417 g/mol. The smallest absolute Gasteiger partial charge is 0.422 e. The third-order valence-electron chi connectivity index (χ3n) is 4.51. The van der Waals surface area contributed by atoms with E-state index in [1.807, 2.05) is 13.8 Å². The van der Waals surface area contributed by atoms with Crippen LogP contribution in [0.2, 0.25) is 0 Å². The Morgan fingerprint density at radius 2 is 1.93 bits per heavy atom. The van der Waals surface area contributed by atoms with E-state index in [2.05, 4.69) is 15.2 Å². The van der Waals surface area contributed by atoms with E-state index in [4.69, 9.17) is 14.2 Å². The van der Waals surface area contributed by atoms with Gasteiger partial charge in [-0.2, -0.15) is 13.2 Å². The molecule has 1 heterocycles. The van der Waals surface area contributed by atoms with Gasteiger partial charge in [-0.05, 0) is 44.4 Å². The summed E-state index contributed by atoms with van der Waals surface area (Å²) in [6.45, 7) is 6.24. The van der Waals surface area contributed by atoms with E-state index in [-0.39, 0.29) is 11.5 Å². The van der Waals surface area contributed by atoms with E-state index in [9.17, 15) is 13.2 Å². The van der Waals surface area contributed by atoms with Gasteiger partial charge >= 0.3 is 6.18 Å². The van der Waals surface area contributed by atoms with Gasteiger partial charge in [-0.1, -0.05) is 6.07 Å². The first-order chi connectivity index (χ1) is 13.9. The fraction of sp³-hybridized carbons (Fsp3) is 0.650. The third kappa shape index (κ3) is 7.64. The summed E-state index contributed by atoms with van der Waals surface area (Å²) >= 11 is 0. The zero-order valence-corrected chi connectivity index (χ0v) is 17.2. The first-order valence-electron chi connectivity index (χ1n) is 9.87. The lowest BCUT2D eigenvalue weighted by atomic mass is 10.1. The molecule has 0 aliphatic carbocycles. The van der Waals surface area contributed by atoms with Crippen LogP contribution in [0.3, 0.4) is 0 Å². The number of nitrogens with zero attached hydrogens (tertiary/aromatic N) is 2. The van der Waals surface area contributed by atoms with E-state index < -0.39 is 12.8 Å². The van der Waals surface area contributed by atoms with E-state index in [1.54, 1.807) is 12.1 Å². The highest BCUT2D eigenvalue weighted by atomic mass is 19.4. The topological polar surface area (TPSA) is 55.3 Å². The maximum atomic E-state index is 12.4. The molecule has 164 valence electrons. The van der Waals surface area contributed by atoms with Gasteiger partial charge < -0.3 is 24.4 Å². The van der Waals surface area contributed by atoms with Gasteiger partial charge in [0.05, 0.1) is 19.8 Å². The number of piperidine rings is 1. The van der Waals surface area contributed by atoms with E-state index in [0.717, 1.165) is 50.6 Å². The molecule has 1 aromatic carbocycles. The molecule has 6 nitrogen and oxygen atoms in total. The van der Waals surface area contributed by atoms with Crippen molar-refractivity contribution >= 4 is 5.96 Å². The monoisotopic (exact) mass is 417 g/mol. The van der Waals surface area contributed by atoms with Crippen LogP contribution in [0.25, 0.3) is 0 Å². The van der Waals surface area contributed by atoms with E-state index in [1.165, 1.54) is 13.2 Å². The van der Waals surface area contributed by atoms with Crippen LogP contribution in [0, 0.1) is 0 Å². The standard InChI is InChI=1S/C20H30F3N3O3/c1-4-24-19(26-10-8-16(9-11-26)28-5-2)25-13-15-6-7-17(18(12-15)27-3)29-14-20(21,22)23/h6-7,12,16H,4-5,8-11,13-14H2,1-3H3,(H,24,25). The lowest BCUT2D eigenvalue weighted by Crippen LogP contribution is -2.47. The zero-order chi connectivity index (χ0) is 21.3. The Morgan fingerprint density at radius 3 is 2.52 bits per heavy atom. The molecular weight excluding hydrogens is 387 g/mol. The number of benzene rings is 1. The van der Waals surface area contributed by atoms with Gasteiger partial charge in [0.2, 0.25) is 0 Å². The number of alkyl halides is 3. The van der Waals surface area contributed by atoms with Gasteiger partial charge in [0.25, 0.3) is 0 Å². The molecule has 9 heteroatoms. The number of nitrogens with one attached hydrogen (secondary N) is 1. The summed E-state index contributed by atoms with van der Waals surface area (Å²) < 4.78 is 52.8. The molecule has 0 amide bonds. The summed E-state index contributed by atoms with van der Waals surface area (Å²) in [5.74, 6) is 1.13. The molecule has 1 aliphatic heterocycles. The molecule has 2 rings (SSSR count). The first-order valence-corrected chi connectivity index (χ1v) is 9.87. The van der Waals surface area contributed by atoms with E-state index in [0.29, 0.717) is 12.6 Å². The number of guanidine groups is 1. The van der Waals surface area contributed by atoms with Crippen LogP contribution in [-0.4, -0.2) is 63.1 Å². The van der Waals surface area contributed by atoms with Crippen molar-refractivity contribution in [2.24, 2.45) is 4.99 Å². The van der Waals surface area contributed by atoms with Gasteiger partial charge in [0, 0.05) is 26.2 Å². The number of ether oxygens (including phenoxy) is 3. The quantitative estimate of drug-likeness (QED) is 0.517. The van der Waals surface area contributed by atoms with Crippen molar-refractivity contribution in [1.82, 2.24) is 10.2 Å². The highest BCUT2D eigenvalue weighted by Crippen LogP contribution is 2.30. The second-order valence-electron chi connectivity index (χ2n) is 6.70. The molecule has 0 radical (unpaired) electrons. The Morgan fingerprint density at radius 1 is 1.21 bits per heavy atom. The maximum absolute atomic E-state index is 12.4. The molecule has 1 aromatic rings. The van der Waals surface area contributed by atoms with Crippen molar-refractivity contribution in [1.29, 1.82) is 0 Å². The van der Waals surface area contributed by atoms with Crippen LogP contribution in [0.1, 0.15) is 32.3 Å². The number of halogens is 3. The van der Waals surface area contributed by atoms with Crippen molar-refractivity contribution in [2.45, 2.75) is 45.5 Å². The minimum atomic E-state index is -4.40. The van der Waals surface area contributed by atoms with Gasteiger partial charge in [-0.15, -0.1) is 0 Å². The molecular formula is C20H30F3N3O3. The Labute approximate surface area is 170 Å². The normalized spacial score (nSPS) is 16.1. The number of hydrogen-bond donors (Lipinski definition) is 1. The predicted molar refractivity (Wildman–Crippen MR) is 106 cm³/mol. The van der Waals surface area contributed by atoms with Crippen molar-refractivity contribution in [2.75, 3.05) is 40.0 Å². The molecule has 0 atom stereocenters. The first kappa shape index (κ1) is 23.1. The summed E-state index contributed by atoms with van der Waals surface area (Å²) in [6.07, 6.45) is -2.19. The SMILES string of the molecule is CCNC(=NCc1ccc(OCC(F)(F)F)c(OC)c1)N1CCC(OCC)CC1. The van der Waals surface area contributed by atoms with Crippen LogP contribution < -0.4 is 14.8 Å². The van der Waals surface area contributed by atoms with Gasteiger partial charge in [-0.3, -0.25) is 0 Å². The largest absolute Gasteiger partial charge is 0.493 e. The van der Waals surface area contributed by atoms with E-state index >= 15 is 0 Å². The molecule has 0 bridgehead atoms. The highest BCUT2D eigenvalue weighted by Gasteiger charge is 2.29. The van der Waals surface area contributed by atoms with Gasteiger partial charge in [0.1, 0.15) is 0 Å². The Bertz CT molecular complexity index is 660. The number of methoxy groups -OCH3 is 1. The lowest BCUT2D eigenvalue weighted by Gasteiger charge is -2.34. The highest BCUT2D eigenvalue weighted by molar-refractivity contribution is 5.80. The molecule has 1 N–H and O–H groups in total. The number of aliphatic imine (C=N–C) groups is 1. The molecule has 0 aromatic heterocycles. The Hall–Kier alpha value is -2.16. The van der Waals surface area contributed by atoms with Gasteiger partial charge in [0.15, 0.2) is 24.1 Å². The van der Waals surface area contributed by atoms with Crippen LogP contribution in [0.15, 0.2) is 23.2 Å². The second kappa shape index (κ2) is 11.1. The third-order valence-corrected chi connectivity index (χ3v) is 4.51. The van der Waals surface area contributed by atoms with Crippen molar-refractivity contribution < 1.29 is 27.4 Å². The molecule has 0 spiro atoms. The summed E-state index contributed by atoms with van der Waals surface area (Å²) in [5, 5.41) is 3.30. The van der Waals surface area contributed by atoms with Crippen molar-refractivity contribution in [3.63, 3.8) is 0 Å². The number of hydrogen-bond acceptors (Lipinski definition) is 4. The Balaban J connectivity index is 2.03. The molecule has 0 unspecified atom stereocenters. The Kier molecular flexibility index (Phi) is 8.88. The fourth-order valence-corrected chi connectivity index (χ4v) is 3.15. The molecule has 1 aliphatic rings. The molecule has 0 saturated carbocycles. The van der Waals surface area contributed by atoms with Crippen LogP contribution in [-0.2, 0) is 11.3 Å². The second-order valence-corrected chi connectivity index (χ2v) is 6.70. The van der Waals surface area contributed by atoms with Crippen LogP contribution in [0.5, 0.6) is 11.5 Å². The van der Waals surface area contributed by atoms with Crippen molar-refractivity contribution in [3.05, 3.63) is 23.8 Å². The van der Waals surface area contributed by atoms with Gasteiger partial charge in [-0.25, -0.2) is 4.99 Å². The average Bonchev–Trinajstić information content (AvgIpc) is 2.70. The maximum Gasteiger partial charge on any atom is 0.422 e. The lowest BCUT2D eigenvalue weighted by molar-refractivity contribution is -0.153. The minimum Gasteiger partial charge on any atom is -0.493 e. The summed E-state index contributed by atoms with van der Waals surface area (Å²) in [7, 11) is 1.40. The fourth-order valence-electron chi connectivity index (χ4n) is 3.15. The predicted octanol–water partition coefficient (Wildman–Crippen LogP) is 3.60. The number of rotatable bonds is 8. The van der Waals surface area contributed by atoms with Crippen molar-refractivity contribution in [3.8, 4) is 11.5 Å². The summed E-state index contributed by atoms with van der Waals surface area (Å²) in [6, 6.07) is 4.83. The summed E-state index contributed by atoms with van der Waals surface area (Å²) in [5.41, 5.74) is 0.820. The molecule has 29 heavy (non-hydrogen) atoms. The minimum absolute atomic E-state index is 0.0578. The molecule has 1 fully saturated rings.